The van der Waals surface area contributed by atoms with E-state index in [2.05, 4.69) is 10.00 Å². The minimum absolute atomic E-state index is 0.119. The molecular formula is C16H19FN4O2. The second kappa shape index (κ2) is 6.89. The summed E-state index contributed by atoms with van der Waals surface area (Å²) in [6, 6.07) is 6.17. The first-order valence-electron chi connectivity index (χ1n) is 7.61. The van der Waals surface area contributed by atoms with Crippen molar-refractivity contribution >= 4 is 5.91 Å². The first kappa shape index (κ1) is 15.6. The summed E-state index contributed by atoms with van der Waals surface area (Å²) in [6.45, 7) is 3.35. The van der Waals surface area contributed by atoms with Crippen LogP contribution in [0.2, 0.25) is 0 Å². The van der Waals surface area contributed by atoms with Crippen molar-refractivity contribution < 1.29 is 14.3 Å². The second-order valence-electron chi connectivity index (χ2n) is 5.47. The minimum atomic E-state index is -0.474. The second-order valence-corrected chi connectivity index (χ2v) is 5.47. The lowest BCUT2D eigenvalue weighted by Crippen LogP contribution is -2.49. The molecule has 0 radical (unpaired) electrons. The van der Waals surface area contributed by atoms with E-state index in [0.29, 0.717) is 30.9 Å². The molecule has 0 bridgehead atoms. The number of rotatable bonds is 4. The summed E-state index contributed by atoms with van der Waals surface area (Å²) in [5, 5.41) is 12.9. The van der Waals surface area contributed by atoms with Crippen molar-refractivity contribution in [3.8, 4) is 5.69 Å². The molecule has 0 atom stereocenters. The number of carbonyl (C=O) groups excluding carboxylic acids is 1. The number of aliphatic hydroxyl groups is 1. The lowest BCUT2D eigenvalue weighted by molar-refractivity contribution is 0.0614. The van der Waals surface area contributed by atoms with Crippen LogP contribution in [-0.4, -0.2) is 69.9 Å². The van der Waals surface area contributed by atoms with Gasteiger partial charge in [0.15, 0.2) is 0 Å². The van der Waals surface area contributed by atoms with Gasteiger partial charge >= 0.3 is 0 Å². The Bertz CT molecular complexity index is 667. The molecule has 1 aromatic heterocycles. The third kappa shape index (κ3) is 3.40. The van der Waals surface area contributed by atoms with Crippen molar-refractivity contribution in [2.45, 2.75) is 0 Å². The SMILES string of the molecule is O=C(c1ccc(-n2cccn2)c(F)c1)N1CCN(CCO)CC1. The van der Waals surface area contributed by atoms with Gasteiger partial charge in [0, 0.05) is 50.7 Å². The first-order chi connectivity index (χ1) is 11.2. The zero-order valence-corrected chi connectivity index (χ0v) is 12.7. The zero-order valence-electron chi connectivity index (χ0n) is 12.7. The Morgan fingerprint density at radius 2 is 2.04 bits per heavy atom. The maximum atomic E-state index is 14.2. The highest BCUT2D eigenvalue weighted by Crippen LogP contribution is 2.16. The summed E-state index contributed by atoms with van der Waals surface area (Å²) < 4.78 is 15.7. The summed E-state index contributed by atoms with van der Waals surface area (Å²) in [5.74, 6) is -0.641. The summed E-state index contributed by atoms with van der Waals surface area (Å²) in [4.78, 5) is 16.3. The molecule has 2 aromatic rings. The minimum Gasteiger partial charge on any atom is -0.395 e. The van der Waals surface area contributed by atoms with Gasteiger partial charge in [-0.05, 0) is 24.3 Å². The molecule has 0 saturated carbocycles. The molecule has 3 rings (SSSR count). The lowest BCUT2D eigenvalue weighted by Gasteiger charge is -2.34. The number of carbonyl (C=O) groups is 1. The predicted molar refractivity (Wildman–Crippen MR) is 83.0 cm³/mol. The molecule has 1 aliphatic rings. The molecule has 1 saturated heterocycles. The molecule has 1 aliphatic heterocycles. The van der Waals surface area contributed by atoms with Gasteiger partial charge in [0.25, 0.3) is 5.91 Å². The Morgan fingerprint density at radius 3 is 2.65 bits per heavy atom. The van der Waals surface area contributed by atoms with Crippen molar-refractivity contribution in [2.75, 3.05) is 39.3 Å². The van der Waals surface area contributed by atoms with E-state index in [1.54, 1.807) is 35.5 Å². The van der Waals surface area contributed by atoms with Crippen molar-refractivity contribution in [3.63, 3.8) is 0 Å². The van der Waals surface area contributed by atoms with E-state index in [-0.39, 0.29) is 12.5 Å². The van der Waals surface area contributed by atoms with Gasteiger partial charge in [-0.15, -0.1) is 0 Å². The molecule has 1 N–H and O–H groups in total. The van der Waals surface area contributed by atoms with Crippen LogP contribution in [0.4, 0.5) is 4.39 Å². The molecule has 1 aromatic carbocycles. The third-order valence-electron chi connectivity index (χ3n) is 4.02. The molecule has 0 spiro atoms. The van der Waals surface area contributed by atoms with Crippen molar-refractivity contribution in [3.05, 3.63) is 48.0 Å². The van der Waals surface area contributed by atoms with Crippen LogP contribution in [0.5, 0.6) is 0 Å². The van der Waals surface area contributed by atoms with Gasteiger partial charge in [0.05, 0.1) is 6.61 Å². The first-order valence-corrected chi connectivity index (χ1v) is 7.61. The van der Waals surface area contributed by atoms with E-state index in [4.69, 9.17) is 5.11 Å². The van der Waals surface area contributed by atoms with E-state index in [1.165, 1.54) is 10.7 Å². The highest BCUT2D eigenvalue weighted by Gasteiger charge is 2.22. The molecule has 122 valence electrons. The number of hydrogen-bond donors (Lipinski definition) is 1. The predicted octanol–water partition coefficient (Wildman–Crippen LogP) is 0.762. The smallest absolute Gasteiger partial charge is 0.254 e. The fraction of sp³-hybridized carbons (Fsp3) is 0.375. The van der Waals surface area contributed by atoms with Gasteiger partial charge < -0.3 is 10.0 Å². The topological polar surface area (TPSA) is 61.6 Å². The molecule has 7 heteroatoms. The van der Waals surface area contributed by atoms with Crippen LogP contribution < -0.4 is 0 Å². The number of nitrogens with zero attached hydrogens (tertiary/aromatic N) is 4. The van der Waals surface area contributed by atoms with Gasteiger partial charge in [0.1, 0.15) is 11.5 Å². The zero-order chi connectivity index (χ0) is 16.2. The van der Waals surface area contributed by atoms with E-state index in [9.17, 15) is 9.18 Å². The summed E-state index contributed by atoms with van der Waals surface area (Å²) in [7, 11) is 0. The molecule has 1 amide bonds. The average molecular weight is 318 g/mol. The maximum Gasteiger partial charge on any atom is 0.254 e. The Labute approximate surface area is 133 Å². The fourth-order valence-corrected chi connectivity index (χ4v) is 2.74. The van der Waals surface area contributed by atoms with Crippen molar-refractivity contribution in [1.82, 2.24) is 19.6 Å². The number of piperazine rings is 1. The summed E-state index contributed by atoms with van der Waals surface area (Å²) in [5.41, 5.74) is 0.660. The lowest BCUT2D eigenvalue weighted by atomic mass is 10.1. The van der Waals surface area contributed by atoms with E-state index >= 15 is 0 Å². The van der Waals surface area contributed by atoms with Crippen molar-refractivity contribution in [1.29, 1.82) is 0 Å². The fourth-order valence-electron chi connectivity index (χ4n) is 2.74. The van der Waals surface area contributed by atoms with Gasteiger partial charge in [-0.2, -0.15) is 5.10 Å². The highest BCUT2D eigenvalue weighted by molar-refractivity contribution is 5.94. The Morgan fingerprint density at radius 1 is 1.26 bits per heavy atom. The standard InChI is InChI=1S/C16H19FN4O2/c17-14-12-13(2-3-15(14)21-5-1-4-18-21)16(23)20-8-6-19(7-9-20)10-11-22/h1-5,12,22H,6-11H2. The Hall–Kier alpha value is -2.25. The largest absolute Gasteiger partial charge is 0.395 e. The molecular weight excluding hydrogens is 299 g/mol. The van der Waals surface area contributed by atoms with Crippen molar-refractivity contribution in [2.24, 2.45) is 0 Å². The van der Waals surface area contributed by atoms with Gasteiger partial charge in [0.2, 0.25) is 0 Å². The van der Waals surface area contributed by atoms with Crippen LogP contribution in [0.3, 0.4) is 0 Å². The van der Waals surface area contributed by atoms with Gasteiger partial charge in [-0.25, -0.2) is 9.07 Å². The van der Waals surface area contributed by atoms with Crippen LogP contribution in [0.1, 0.15) is 10.4 Å². The molecule has 1 fully saturated rings. The Balaban J connectivity index is 1.70. The van der Waals surface area contributed by atoms with E-state index in [1.807, 2.05) is 0 Å². The van der Waals surface area contributed by atoms with E-state index < -0.39 is 5.82 Å². The van der Waals surface area contributed by atoms with Crippen LogP contribution in [-0.2, 0) is 0 Å². The van der Waals surface area contributed by atoms with Crippen LogP contribution in [0, 0.1) is 5.82 Å². The monoisotopic (exact) mass is 318 g/mol. The highest BCUT2D eigenvalue weighted by atomic mass is 19.1. The number of amides is 1. The Kier molecular flexibility index (Phi) is 4.68. The molecule has 0 aliphatic carbocycles. The summed E-state index contributed by atoms with van der Waals surface area (Å²) >= 11 is 0. The number of β-amino-alcohol motifs (C(OH)–C–C–N with tert-alkyl or cyclic N) is 1. The number of halogens is 1. The summed E-state index contributed by atoms with van der Waals surface area (Å²) in [6.07, 6.45) is 3.23. The van der Waals surface area contributed by atoms with Crippen LogP contribution >= 0.6 is 0 Å². The number of aliphatic hydroxyl groups excluding tert-OH is 1. The van der Waals surface area contributed by atoms with Gasteiger partial charge in [-0.3, -0.25) is 9.69 Å². The third-order valence-corrected chi connectivity index (χ3v) is 4.02. The molecule has 23 heavy (non-hydrogen) atoms. The average Bonchev–Trinajstić information content (AvgIpc) is 3.09. The number of hydrogen-bond acceptors (Lipinski definition) is 4. The normalized spacial score (nSPS) is 15.8. The van der Waals surface area contributed by atoms with Gasteiger partial charge in [-0.1, -0.05) is 0 Å². The maximum absolute atomic E-state index is 14.2. The molecule has 0 unspecified atom stereocenters. The number of aromatic nitrogens is 2. The number of benzene rings is 1. The van der Waals surface area contributed by atoms with E-state index in [0.717, 1.165) is 13.1 Å². The molecule has 6 nitrogen and oxygen atoms in total. The van der Waals surface area contributed by atoms with Crippen LogP contribution in [0.25, 0.3) is 5.69 Å². The quantitative estimate of drug-likeness (QED) is 0.904. The van der Waals surface area contributed by atoms with Crippen LogP contribution in [0.15, 0.2) is 36.7 Å². The molecule has 2 heterocycles.